The Morgan fingerprint density at radius 3 is 2.95 bits per heavy atom. The molecule has 20 heavy (non-hydrogen) atoms. The van der Waals surface area contributed by atoms with Crippen LogP contribution in [-0.4, -0.2) is 5.75 Å². The maximum Gasteiger partial charge on any atom is 0.137 e. The molecule has 1 unspecified atom stereocenters. The number of halogens is 1. The summed E-state index contributed by atoms with van der Waals surface area (Å²) in [6.45, 7) is 2.93. The lowest BCUT2D eigenvalue weighted by molar-refractivity contribution is 0.496. The normalized spacial score (nSPS) is 17.8. The van der Waals surface area contributed by atoms with E-state index < -0.39 is 0 Å². The molecule has 104 valence electrons. The predicted octanol–water partition coefficient (Wildman–Crippen LogP) is 4.46. The number of rotatable bonds is 3. The Balaban J connectivity index is 1.75. The summed E-state index contributed by atoms with van der Waals surface area (Å²) in [6, 6.07) is 14.2. The van der Waals surface area contributed by atoms with Crippen molar-refractivity contribution in [2.24, 2.45) is 0 Å². The van der Waals surface area contributed by atoms with Gasteiger partial charge in [-0.15, -0.1) is 11.8 Å². The van der Waals surface area contributed by atoms with E-state index in [2.05, 4.69) is 36.5 Å². The minimum atomic E-state index is -0.0884. The number of fused-ring (bicyclic) bond motifs is 1. The minimum absolute atomic E-state index is 0.0884. The van der Waals surface area contributed by atoms with Gasteiger partial charge in [0.1, 0.15) is 5.82 Å². The van der Waals surface area contributed by atoms with Crippen molar-refractivity contribution in [3.63, 3.8) is 0 Å². The smallest absolute Gasteiger partial charge is 0.137 e. The molecule has 2 aromatic rings. The van der Waals surface area contributed by atoms with E-state index in [-0.39, 0.29) is 11.9 Å². The van der Waals surface area contributed by atoms with Crippen molar-refractivity contribution in [1.82, 2.24) is 5.32 Å². The van der Waals surface area contributed by atoms with Gasteiger partial charge in [-0.3, -0.25) is 0 Å². The van der Waals surface area contributed by atoms with Gasteiger partial charge in [-0.2, -0.15) is 0 Å². The summed E-state index contributed by atoms with van der Waals surface area (Å²) in [4.78, 5) is 0.820. The monoisotopic (exact) mass is 287 g/mol. The lowest BCUT2D eigenvalue weighted by Crippen LogP contribution is -2.24. The highest BCUT2D eigenvalue weighted by Crippen LogP contribution is 2.37. The standard InChI is InChI=1S/C17H18FNS/c1-12-4-2-5-13(10-12)11-19-16-8-9-20-17-14(16)6-3-7-15(17)18/h2-7,10,16,19H,8-9,11H2,1H3. The zero-order valence-corrected chi connectivity index (χ0v) is 12.3. The van der Waals surface area contributed by atoms with Gasteiger partial charge in [0.05, 0.1) is 0 Å². The first-order chi connectivity index (χ1) is 9.74. The number of benzene rings is 2. The van der Waals surface area contributed by atoms with Gasteiger partial charge >= 0.3 is 0 Å². The van der Waals surface area contributed by atoms with Crippen LogP contribution >= 0.6 is 11.8 Å². The van der Waals surface area contributed by atoms with E-state index in [1.807, 2.05) is 6.07 Å². The molecule has 1 atom stereocenters. The lowest BCUT2D eigenvalue weighted by atomic mass is 10.0. The summed E-state index contributed by atoms with van der Waals surface area (Å²) in [5, 5.41) is 3.57. The second kappa shape index (κ2) is 5.98. The Labute approximate surface area is 123 Å². The van der Waals surface area contributed by atoms with Gasteiger partial charge in [-0.1, -0.05) is 42.0 Å². The Bertz CT molecular complexity index is 612. The Morgan fingerprint density at radius 2 is 2.10 bits per heavy atom. The van der Waals surface area contributed by atoms with E-state index in [0.717, 1.165) is 29.2 Å². The fourth-order valence-corrected chi connectivity index (χ4v) is 3.80. The van der Waals surface area contributed by atoms with Gasteiger partial charge in [0.25, 0.3) is 0 Å². The van der Waals surface area contributed by atoms with Gasteiger partial charge in [0.2, 0.25) is 0 Å². The van der Waals surface area contributed by atoms with Crippen molar-refractivity contribution >= 4 is 11.8 Å². The molecule has 1 aliphatic rings. The molecule has 3 rings (SSSR count). The van der Waals surface area contributed by atoms with Crippen LogP contribution in [0.25, 0.3) is 0 Å². The third-order valence-corrected chi connectivity index (χ3v) is 4.82. The molecule has 0 radical (unpaired) electrons. The number of hydrogen-bond acceptors (Lipinski definition) is 2. The zero-order valence-electron chi connectivity index (χ0n) is 11.5. The first kappa shape index (κ1) is 13.7. The fraction of sp³-hybridized carbons (Fsp3) is 0.294. The van der Waals surface area contributed by atoms with E-state index in [9.17, 15) is 4.39 Å². The Morgan fingerprint density at radius 1 is 1.25 bits per heavy atom. The summed E-state index contributed by atoms with van der Waals surface area (Å²) >= 11 is 1.63. The molecule has 3 heteroatoms. The number of aryl methyl sites for hydroxylation is 1. The summed E-state index contributed by atoms with van der Waals surface area (Å²) in [7, 11) is 0. The molecule has 1 aliphatic heterocycles. The van der Waals surface area contributed by atoms with Crippen LogP contribution < -0.4 is 5.32 Å². The predicted molar refractivity (Wildman–Crippen MR) is 82.5 cm³/mol. The van der Waals surface area contributed by atoms with E-state index in [1.165, 1.54) is 11.1 Å². The van der Waals surface area contributed by atoms with Crippen LogP contribution in [-0.2, 0) is 6.54 Å². The third kappa shape index (κ3) is 2.89. The Hall–Kier alpha value is -1.32. The SMILES string of the molecule is Cc1cccc(CNC2CCSc3c(F)cccc32)c1. The summed E-state index contributed by atoms with van der Waals surface area (Å²) in [6.07, 6.45) is 1.05. The van der Waals surface area contributed by atoms with E-state index >= 15 is 0 Å². The van der Waals surface area contributed by atoms with Crippen molar-refractivity contribution in [2.45, 2.75) is 30.8 Å². The van der Waals surface area contributed by atoms with Crippen molar-refractivity contribution < 1.29 is 4.39 Å². The summed E-state index contributed by atoms with van der Waals surface area (Å²) in [5.41, 5.74) is 3.66. The van der Waals surface area contributed by atoms with Crippen molar-refractivity contribution in [2.75, 3.05) is 5.75 Å². The number of hydrogen-bond donors (Lipinski definition) is 1. The van der Waals surface area contributed by atoms with Crippen LogP contribution in [0.1, 0.15) is 29.2 Å². The molecule has 0 aromatic heterocycles. The summed E-state index contributed by atoms with van der Waals surface area (Å²) in [5.74, 6) is 0.883. The first-order valence-corrected chi connectivity index (χ1v) is 7.93. The van der Waals surface area contributed by atoms with E-state index in [1.54, 1.807) is 23.9 Å². The maximum absolute atomic E-state index is 13.8. The molecular weight excluding hydrogens is 269 g/mol. The molecule has 0 bridgehead atoms. The van der Waals surface area contributed by atoms with Crippen LogP contribution in [0.4, 0.5) is 4.39 Å². The van der Waals surface area contributed by atoms with Gasteiger partial charge in [-0.05, 0) is 36.3 Å². The zero-order chi connectivity index (χ0) is 13.9. The second-order valence-electron chi connectivity index (χ2n) is 5.22. The van der Waals surface area contributed by atoms with E-state index in [4.69, 9.17) is 0 Å². The lowest BCUT2D eigenvalue weighted by Gasteiger charge is -2.26. The van der Waals surface area contributed by atoms with Crippen LogP contribution in [0.5, 0.6) is 0 Å². The average molecular weight is 287 g/mol. The number of thioether (sulfide) groups is 1. The van der Waals surface area contributed by atoms with Crippen LogP contribution in [0.15, 0.2) is 47.4 Å². The molecule has 0 saturated heterocycles. The van der Waals surface area contributed by atoms with Crippen LogP contribution in [0.3, 0.4) is 0 Å². The molecule has 0 spiro atoms. The summed E-state index contributed by atoms with van der Waals surface area (Å²) < 4.78 is 13.8. The maximum atomic E-state index is 13.8. The molecule has 0 fully saturated rings. The molecule has 0 aliphatic carbocycles. The molecule has 0 saturated carbocycles. The van der Waals surface area contributed by atoms with Crippen molar-refractivity contribution in [1.29, 1.82) is 0 Å². The molecule has 1 heterocycles. The Kier molecular flexibility index (Phi) is 4.08. The highest BCUT2D eigenvalue weighted by atomic mass is 32.2. The minimum Gasteiger partial charge on any atom is -0.306 e. The molecule has 1 N–H and O–H groups in total. The van der Waals surface area contributed by atoms with Gasteiger partial charge in [0, 0.05) is 17.5 Å². The van der Waals surface area contributed by atoms with Gasteiger partial charge in [-0.25, -0.2) is 4.39 Å². The van der Waals surface area contributed by atoms with Crippen LogP contribution in [0.2, 0.25) is 0 Å². The third-order valence-electron chi connectivity index (χ3n) is 3.66. The van der Waals surface area contributed by atoms with E-state index in [0.29, 0.717) is 0 Å². The molecule has 2 aromatic carbocycles. The quantitative estimate of drug-likeness (QED) is 0.894. The first-order valence-electron chi connectivity index (χ1n) is 6.94. The van der Waals surface area contributed by atoms with Gasteiger partial charge < -0.3 is 5.32 Å². The molecule has 1 nitrogen and oxygen atoms in total. The van der Waals surface area contributed by atoms with Crippen molar-refractivity contribution in [3.8, 4) is 0 Å². The highest BCUT2D eigenvalue weighted by Gasteiger charge is 2.22. The van der Waals surface area contributed by atoms with Gasteiger partial charge in [0.15, 0.2) is 0 Å². The largest absolute Gasteiger partial charge is 0.306 e. The fourth-order valence-electron chi connectivity index (χ4n) is 2.66. The number of nitrogens with one attached hydrogen (secondary N) is 1. The molecule has 0 amide bonds. The topological polar surface area (TPSA) is 12.0 Å². The second-order valence-corrected chi connectivity index (χ2v) is 6.32. The highest BCUT2D eigenvalue weighted by molar-refractivity contribution is 7.99. The molecular formula is C17H18FNS. The van der Waals surface area contributed by atoms with Crippen molar-refractivity contribution in [3.05, 3.63) is 65.0 Å². The van der Waals surface area contributed by atoms with Crippen LogP contribution in [0, 0.1) is 12.7 Å². The average Bonchev–Trinajstić information content (AvgIpc) is 2.46.